The fourth-order valence-electron chi connectivity index (χ4n) is 1.27. The topological polar surface area (TPSA) is 47.3 Å². The number of nitrogens with one attached hydrogen (secondary N) is 1. The second-order valence-electron chi connectivity index (χ2n) is 3.27. The largest absolute Gasteiger partial charge is 0.446 e. The third kappa shape index (κ3) is 4.95. The summed E-state index contributed by atoms with van der Waals surface area (Å²) in [5.74, 6) is 1.72. The number of likely N-dealkylation sites (N-methyl/N-ethyl adjacent to an activating group) is 1. The van der Waals surface area contributed by atoms with Crippen molar-refractivity contribution in [1.82, 2.24) is 10.3 Å². The van der Waals surface area contributed by atoms with Gasteiger partial charge in [0.25, 0.3) is 0 Å². The molecule has 0 bridgehead atoms. The van der Waals surface area contributed by atoms with Crippen molar-refractivity contribution in [2.24, 2.45) is 0 Å². The monoisotopic (exact) mass is 212 g/mol. The molecule has 0 saturated heterocycles. The van der Waals surface area contributed by atoms with Crippen molar-refractivity contribution < 1.29 is 9.15 Å². The standard InChI is InChI=1S/C11H20N2O2/c1-3-12-7-5-11-13-9-10(15-11)6-8-14-4-2/h9,12H,3-8H2,1-2H3. The first-order valence-corrected chi connectivity index (χ1v) is 5.58. The maximum absolute atomic E-state index is 5.55. The van der Waals surface area contributed by atoms with Gasteiger partial charge in [-0.25, -0.2) is 4.98 Å². The van der Waals surface area contributed by atoms with Gasteiger partial charge in [-0.2, -0.15) is 0 Å². The van der Waals surface area contributed by atoms with E-state index < -0.39 is 0 Å². The molecule has 0 aliphatic carbocycles. The van der Waals surface area contributed by atoms with Crippen LogP contribution in [0.2, 0.25) is 0 Å². The summed E-state index contributed by atoms with van der Waals surface area (Å²) in [6.45, 7) is 7.44. The van der Waals surface area contributed by atoms with Crippen molar-refractivity contribution in [3.05, 3.63) is 17.8 Å². The first kappa shape index (κ1) is 12.2. The van der Waals surface area contributed by atoms with Crippen LogP contribution in [0.15, 0.2) is 10.6 Å². The molecule has 1 aromatic heterocycles. The molecule has 0 saturated carbocycles. The lowest BCUT2D eigenvalue weighted by Gasteiger charge is -1.98. The second kappa shape index (κ2) is 7.43. The minimum absolute atomic E-state index is 0.707. The molecule has 0 atom stereocenters. The van der Waals surface area contributed by atoms with Crippen molar-refractivity contribution in [1.29, 1.82) is 0 Å². The maximum Gasteiger partial charge on any atom is 0.195 e. The molecule has 86 valence electrons. The summed E-state index contributed by atoms with van der Waals surface area (Å²) in [5, 5.41) is 3.23. The predicted octanol–water partition coefficient (Wildman–Crippen LogP) is 1.41. The lowest BCUT2D eigenvalue weighted by molar-refractivity contribution is 0.146. The Bertz CT molecular complexity index is 236. The summed E-state index contributed by atoms with van der Waals surface area (Å²) in [6, 6.07) is 0. The van der Waals surface area contributed by atoms with Gasteiger partial charge in [-0.3, -0.25) is 0 Å². The van der Waals surface area contributed by atoms with E-state index in [1.165, 1.54) is 0 Å². The van der Waals surface area contributed by atoms with Crippen LogP contribution >= 0.6 is 0 Å². The Morgan fingerprint density at radius 2 is 2.27 bits per heavy atom. The summed E-state index contributed by atoms with van der Waals surface area (Å²) < 4.78 is 10.8. The molecule has 0 unspecified atom stereocenters. The van der Waals surface area contributed by atoms with Gasteiger partial charge in [0, 0.05) is 26.0 Å². The minimum Gasteiger partial charge on any atom is -0.446 e. The fraction of sp³-hybridized carbons (Fsp3) is 0.727. The highest BCUT2D eigenvalue weighted by molar-refractivity contribution is 4.94. The molecule has 0 aliphatic rings. The average molecular weight is 212 g/mol. The smallest absolute Gasteiger partial charge is 0.195 e. The molecule has 1 aromatic rings. The van der Waals surface area contributed by atoms with E-state index in [0.717, 1.165) is 44.2 Å². The fourth-order valence-corrected chi connectivity index (χ4v) is 1.27. The van der Waals surface area contributed by atoms with Crippen molar-refractivity contribution in [2.45, 2.75) is 26.7 Å². The third-order valence-electron chi connectivity index (χ3n) is 2.06. The van der Waals surface area contributed by atoms with Gasteiger partial charge in [0.2, 0.25) is 0 Å². The molecule has 0 radical (unpaired) electrons. The van der Waals surface area contributed by atoms with Crippen LogP contribution < -0.4 is 5.32 Å². The molecule has 1 N–H and O–H groups in total. The molecule has 0 aliphatic heterocycles. The second-order valence-corrected chi connectivity index (χ2v) is 3.27. The predicted molar refractivity (Wildman–Crippen MR) is 58.9 cm³/mol. The maximum atomic E-state index is 5.55. The number of ether oxygens (including phenoxy) is 1. The van der Waals surface area contributed by atoms with Crippen molar-refractivity contribution in [2.75, 3.05) is 26.3 Å². The van der Waals surface area contributed by atoms with E-state index in [1.807, 2.05) is 6.92 Å². The van der Waals surface area contributed by atoms with Gasteiger partial charge in [-0.05, 0) is 13.5 Å². The number of hydrogen-bond acceptors (Lipinski definition) is 4. The van der Waals surface area contributed by atoms with Gasteiger partial charge in [-0.1, -0.05) is 6.92 Å². The molecule has 0 aromatic carbocycles. The molecule has 4 heteroatoms. The van der Waals surface area contributed by atoms with Crippen LogP contribution in [0.5, 0.6) is 0 Å². The Balaban J connectivity index is 2.23. The summed E-state index contributed by atoms with van der Waals surface area (Å²) in [7, 11) is 0. The van der Waals surface area contributed by atoms with E-state index in [1.54, 1.807) is 6.20 Å². The quantitative estimate of drug-likeness (QED) is 0.662. The first-order chi connectivity index (χ1) is 7.36. The van der Waals surface area contributed by atoms with Gasteiger partial charge in [0.05, 0.1) is 12.8 Å². The molecular formula is C11H20N2O2. The Morgan fingerprint density at radius 3 is 3.00 bits per heavy atom. The van der Waals surface area contributed by atoms with E-state index in [9.17, 15) is 0 Å². The van der Waals surface area contributed by atoms with Crippen LogP contribution in [0, 0.1) is 0 Å². The van der Waals surface area contributed by atoms with Crippen LogP contribution in [0.25, 0.3) is 0 Å². The third-order valence-corrected chi connectivity index (χ3v) is 2.06. The van der Waals surface area contributed by atoms with E-state index in [2.05, 4.69) is 17.2 Å². The van der Waals surface area contributed by atoms with E-state index >= 15 is 0 Å². The van der Waals surface area contributed by atoms with Gasteiger partial charge in [0.1, 0.15) is 5.76 Å². The molecular weight excluding hydrogens is 192 g/mol. The van der Waals surface area contributed by atoms with Gasteiger partial charge >= 0.3 is 0 Å². The van der Waals surface area contributed by atoms with Crippen LogP contribution in [0.3, 0.4) is 0 Å². The number of rotatable bonds is 8. The van der Waals surface area contributed by atoms with Crippen molar-refractivity contribution >= 4 is 0 Å². The Kier molecular flexibility index (Phi) is 6.04. The SMILES string of the molecule is CCNCCc1ncc(CCOCC)o1. The van der Waals surface area contributed by atoms with Gasteiger partial charge in [-0.15, -0.1) is 0 Å². The number of oxazole rings is 1. The van der Waals surface area contributed by atoms with E-state index in [-0.39, 0.29) is 0 Å². The summed E-state index contributed by atoms with van der Waals surface area (Å²) in [4.78, 5) is 4.20. The molecule has 0 fully saturated rings. The molecule has 0 amide bonds. The Morgan fingerprint density at radius 1 is 1.40 bits per heavy atom. The van der Waals surface area contributed by atoms with Crippen LogP contribution in [0.4, 0.5) is 0 Å². The van der Waals surface area contributed by atoms with Crippen LogP contribution in [0.1, 0.15) is 25.5 Å². The summed E-state index contributed by atoms with van der Waals surface area (Å²) >= 11 is 0. The Hall–Kier alpha value is -0.870. The lowest BCUT2D eigenvalue weighted by Crippen LogP contribution is -2.16. The molecule has 4 nitrogen and oxygen atoms in total. The average Bonchev–Trinajstić information content (AvgIpc) is 2.67. The summed E-state index contributed by atoms with van der Waals surface area (Å²) in [6.07, 6.45) is 3.45. The number of nitrogens with zero attached hydrogens (tertiary/aromatic N) is 1. The summed E-state index contributed by atoms with van der Waals surface area (Å²) in [5.41, 5.74) is 0. The zero-order valence-corrected chi connectivity index (χ0v) is 9.58. The molecule has 15 heavy (non-hydrogen) atoms. The highest BCUT2D eigenvalue weighted by atomic mass is 16.5. The first-order valence-electron chi connectivity index (χ1n) is 5.58. The van der Waals surface area contributed by atoms with E-state index in [0.29, 0.717) is 6.61 Å². The molecule has 0 spiro atoms. The molecule has 1 heterocycles. The van der Waals surface area contributed by atoms with Crippen LogP contribution in [-0.4, -0.2) is 31.3 Å². The highest BCUT2D eigenvalue weighted by Gasteiger charge is 2.02. The van der Waals surface area contributed by atoms with Crippen LogP contribution in [-0.2, 0) is 17.6 Å². The van der Waals surface area contributed by atoms with Crippen molar-refractivity contribution in [3.8, 4) is 0 Å². The van der Waals surface area contributed by atoms with E-state index in [4.69, 9.17) is 9.15 Å². The lowest BCUT2D eigenvalue weighted by atomic mass is 10.4. The normalized spacial score (nSPS) is 10.8. The number of aromatic nitrogens is 1. The van der Waals surface area contributed by atoms with Gasteiger partial charge in [0.15, 0.2) is 5.89 Å². The minimum atomic E-state index is 0.707. The number of hydrogen-bond donors (Lipinski definition) is 1. The zero-order chi connectivity index (χ0) is 10.9. The van der Waals surface area contributed by atoms with Gasteiger partial charge < -0.3 is 14.5 Å². The Labute approximate surface area is 91.0 Å². The molecule has 1 rings (SSSR count). The zero-order valence-electron chi connectivity index (χ0n) is 9.58. The highest BCUT2D eigenvalue weighted by Crippen LogP contribution is 2.04. The van der Waals surface area contributed by atoms with Crippen molar-refractivity contribution in [3.63, 3.8) is 0 Å².